The second-order valence-corrected chi connectivity index (χ2v) is 3.62. The molecule has 2 heterocycles. The number of aryl methyl sites for hydroxylation is 1. The number of carbonyl (C=O) groups excluding carboxylic acids is 1. The summed E-state index contributed by atoms with van der Waals surface area (Å²) in [5.41, 5.74) is 1.51. The van der Waals surface area contributed by atoms with Gasteiger partial charge in [0, 0.05) is 11.9 Å². The summed E-state index contributed by atoms with van der Waals surface area (Å²) in [4.78, 5) is 23.0. The number of nitrogens with zero attached hydrogens (tertiary/aromatic N) is 3. The number of aldehydes is 1. The van der Waals surface area contributed by atoms with Gasteiger partial charge in [0.15, 0.2) is 12.1 Å². The lowest BCUT2D eigenvalue weighted by atomic mass is 10.3. The Balaban J connectivity index is 2.60. The molecule has 2 aromatic rings. The summed E-state index contributed by atoms with van der Waals surface area (Å²) in [5.74, 6) is 0.368. The largest absolute Gasteiger partial charge is 0.296 e. The first-order valence-electron chi connectivity index (χ1n) is 4.62. The Kier molecular flexibility index (Phi) is 2.92. The number of halogens is 1. The van der Waals surface area contributed by atoms with Gasteiger partial charge < -0.3 is 0 Å². The second-order valence-electron chi connectivity index (χ2n) is 3.21. The highest BCUT2D eigenvalue weighted by atomic mass is 35.5. The third-order valence-electron chi connectivity index (χ3n) is 1.97. The summed E-state index contributed by atoms with van der Waals surface area (Å²) < 4.78 is 0. The van der Waals surface area contributed by atoms with Crippen LogP contribution in [-0.4, -0.2) is 21.2 Å². The van der Waals surface area contributed by atoms with Crippen molar-refractivity contribution in [2.75, 3.05) is 0 Å². The van der Waals surface area contributed by atoms with Gasteiger partial charge in [-0.3, -0.25) is 9.78 Å². The van der Waals surface area contributed by atoms with Gasteiger partial charge in [-0.15, -0.1) is 0 Å². The van der Waals surface area contributed by atoms with Crippen LogP contribution >= 0.6 is 11.6 Å². The molecule has 0 atom stereocenters. The van der Waals surface area contributed by atoms with Crippen LogP contribution in [0, 0.1) is 6.92 Å². The fourth-order valence-electron chi connectivity index (χ4n) is 1.31. The van der Waals surface area contributed by atoms with E-state index >= 15 is 0 Å². The van der Waals surface area contributed by atoms with Gasteiger partial charge in [0.25, 0.3) is 0 Å². The van der Waals surface area contributed by atoms with E-state index in [1.165, 1.54) is 0 Å². The van der Waals surface area contributed by atoms with Crippen LogP contribution in [0.3, 0.4) is 0 Å². The van der Waals surface area contributed by atoms with Gasteiger partial charge in [-0.25, -0.2) is 9.97 Å². The highest BCUT2D eigenvalue weighted by Crippen LogP contribution is 2.21. The fourth-order valence-corrected chi connectivity index (χ4v) is 1.52. The van der Waals surface area contributed by atoms with E-state index in [0.717, 1.165) is 0 Å². The van der Waals surface area contributed by atoms with E-state index < -0.39 is 0 Å². The molecule has 0 radical (unpaired) electrons. The average molecular weight is 234 g/mol. The van der Waals surface area contributed by atoms with Crippen molar-refractivity contribution in [3.63, 3.8) is 0 Å². The van der Waals surface area contributed by atoms with Crippen molar-refractivity contribution in [2.45, 2.75) is 6.92 Å². The Morgan fingerprint density at radius 2 is 2.19 bits per heavy atom. The summed E-state index contributed by atoms with van der Waals surface area (Å²) in [6.45, 7) is 1.79. The van der Waals surface area contributed by atoms with Crippen molar-refractivity contribution < 1.29 is 4.79 Å². The van der Waals surface area contributed by atoms with E-state index in [1.807, 2.05) is 0 Å². The van der Waals surface area contributed by atoms with Gasteiger partial charge in [-0.05, 0) is 25.1 Å². The van der Waals surface area contributed by atoms with Crippen molar-refractivity contribution >= 4 is 17.9 Å². The van der Waals surface area contributed by atoms with E-state index in [4.69, 9.17) is 11.6 Å². The van der Waals surface area contributed by atoms with Crippen molar-refractivity contribution in [3.05, 3.63) is 40.8 Å². The zero-order valence-corrected chi connectivity index (χ0v) is 9.27. The van der Waals surface area contributed by atoms with Gasteiger partial charge in [0.1, 0.15) is 11.4 Å². The minimum absolute atomic E-state index is 0.323. The predicted molar refractivity (Wildman–Crippen MR) is 60.4 cm³/mol. The zero-order valence-electron chi connectivity index (χ0n) is 8.51. The molecule has 2 rings (SSSR count). The molecule has 0 amide bonds. The number of pyridine rings is 1. The second kappa shape index (κ2) is 4.37. The van der Waals surface area contributed by atoms with Crippen LogP contribution in [0.1, 0.15) is 16.2 Å². The number of hydrogen-bond donors (Lipinski definition) is 0. The van der Waals surface area contributed by atoms with Crippen LogP contribution in [0.15, 0.2) is 24.4 Å². The highest BCUT2D eigenvalue weighted by Gasteiger charge is 2.09. The predicted octanol–water partition coefficient (Wildman–Crippen LogP) is 2.31. The molecule has 0 aromatic carbocycles. The van der Waals surface area contributed by atoms with Crippen LogP contribution in [0.2, 0.25) is 5.02 Å². The van der Waals surface area contributed by atoms with Crippen LogP contribution in [0.5, 0.6) is 0 Å². The van der Waals surface area contributed by atoms with Gasteiger partial charge in [-0.2, -0.15) is 0 Å². The molecule has 0 unspecified atom stereocenters. The third-order valence-corrected chi connectivity index (χ3v) is 2.27. The number of aromatic nitrogens is 3. The molecule has 0 bridgehead atoms. The van der Waals surface area contributed by atoms with Crippen molar-refractivity contribution in [1.82, 2.24) is 15.0 Å². The van der Waals surface area contributed by atoms with Crippen LogP contribution in [0.4, 0.5) is 0 Å². The maximum atomic E-state index is 10.7. The van der Waals surface area contributed by atoms with Crippen molar-refractivity contribution in [1.29, 1.82) is 0 Å². The van der Waals surface area contributed by atoms with Gasteiger partial charge >= 0.3 is 0 Å². The molecule has 0 fully saturated rings. The van der Waals surface area contributed by atoms with Crippen molar-refractivity contribution in [3.8, 4) is 11.5 Å². The summed E-state index contributed by atoms with van der Waals surface area (Å²) in [6.07, 6.45) is 2.28. The molecule has 4 nitrogen and oxygen atoms in total. The maximum Gasteiger partial charge on any atom is 0.180 e. The molecule has 0 spiro atoms. The average Bonchev–Trinajstić information content (AvgIpc) is 2.28. The van der Waals surface area contributed by atoms with Gasteiger partial charge in [0.2, 0.25) is 0 Å². The molecule has 0 saturated heterocycles. The summed E-state index contributed by atoms with van der Waals surface area (Å²) in [6, 6.07) is 5.03. The molecule has 0 N–H and O–H groups in total. The Labute approximate surface area is 97.3 Å². The molecule has 0 aliphatic carbocycles. The van der Waals surface area contributed by atoms with Crippen LogP contribution in [-0.2, 0) is 0 Å². The lowest BCUT2D eigenvalue weighted by molar-refractivity contribution is 0.111. The Bertz CT molecular complexity index is 543. The van der Waals surface area contributed by atoms with E-state index in [-0.39, 0.29) is 0 Å². The molecular weight excluding hydrogens is 226 g/mol. The Morgan fingerprint density at radius 3 is 2.88 bits per heavy atom. The van der Waals surface area contributed by atoms with Gasteiger partial charge in [0.05, 0.1) is 5.02 Å². The van der Waals surface area contributed by atoms with E-state index in [1.54, 1.807) is 31.3 Å². The monoisotopic (exact) mass is 233 g/mol. The van der Waals surface area contributed by atoms with E-state index in [2.05, 4.69) is 15.0 Å². The lowest BCUT2D eigenvalue weighted by Gasteiger charge is -2.03. The first-order chi connectivity index (χ1) is 7.70. The van der Waals surface area contributed by atoms with Crippen molar-refractivity contribution in [2.24, 2.45) is 0 Å². The molecule has 0 aliphatic rings. The summed E-state index contributed by atoms with van der Waals surface area (Å²) >= 11 is 5.98. The normalized spacial score (nSPS) is 10.1. The summed E-state index contributed by atoms with van der Waals surface area (Å²) in [5, 5.41) is 0.463. The van der Waals surface area contributed by atoms with Crippen LogP contribution < -0.4 is 0 Å². The quantitative estimate of drug-likeness (QED) is 0.747. The van der Waals surface area contributed by atoms with Crippen LogP contribution in [0.25, 0.3) is 11.5 Å². The van der Waals surface area contributed by atoms with E-state index in [0.29, 0.717) is 34.2 Å². The zero-order chi connectivity index (χ0) is 11.5. The SMILES string of the molecule is Cc1cc(C=O)nc(-c2ncccc2Cl)n1. The molecule has 80 valence electrons. The highest BCUT2D eigenvalue weighted by molar-refractivity contribution is 6.32. The fraction of sp³-hybridized carbons (Fsp3) is 0.0909. The molecule has 5 heteroatoms. The molecule has 16 heavy (non-hydrogen) atoms. The first-order valence-corrected chi connectivity index (χ1v) is 5.00. The Morgan fingerprint density at radius 1 is 1.38 bits per heavy atom. The molecule has 0 saturated carbocycles. The number of hydrogen-bond acceptors (Lipinski definition) is 4. The molecule has 2 aromatic heterocycles. The number of carbonyl (C=O) groups is 1. The Hall–Kier alpha value is -1.81. The minimum atomic E-state index is 0.323. The third kappa shape index (κ3) is 2.06. The maximum absolute atomic E-state index is 10.7. The molecular formula is C11H8ClN3O. The lowest BCUT2D eigenvalue weighted by Crippen LogP contribution is -1.98. The smallest absolute Gasteiger partial charge is 0.180 e. The van der Waals surface area contributed by atoms with E-state index in [9.17, 15) is 4.79 Å². The first kappa shape index (κ1) is 10.7. The summed E-state index contributed by atoms with van der Waals surface area (Å²) in [7, 11) is 0. The molecule has 0 aliphatic heterocycles. The number of rotatable bonds is 2. The standard InChI is InChI=1S/C11H8ClN3O/c1-7-5-8(6-16)15-11(14-7)10-9(12)3-2-4-13-10/h2-6H,1H3. The van der Waals surface area contributed by atoms with Gasteiger partial charge in [-0.1, -0.05) is 11.6 Å². The topological polar surface area (TPSA) is 55.7 Å². The minimum Gasteiger partial charge on any atom is -0.296 e.